The highest BCUT2D eigenvalue weighted by Gasteiger charge is 2.19. The van der Waals surface area contributed by atoms with E-state index in [1.54, 1.807) is 25.6 Å². The third-order valence-corrected chi connectivity index (χ3v) is 4.99. The van der Waals surface area contributed by atoms with Crippen molar-refractivity contribution in [2.24, 2.45) is 0 Å². The highest BCUT2D eigenvalue weighted by atomic mass is 16.5. The standard InChI is InChI=1S/C21H24N6O2/c1-27-6-4-16-15(11-27)8-14(9-18(16)28-2)17-10-25-20(23)21(26-17)29-12-13-3-5-24-19(22)7-13/h3,5,7-10H,4,6,11-12H2,1-2H3,(H2,22,24)(H2,23,25). The minimum atomic E-state index is 0.237. The van der Waals surface area contributed by atoms with E-state index in [0.29, 0.717) is 11.5 Å². The molecule has 1 aliphatic heterocycles. The molecule has 0 unspecified atom stereocenters. The van der Waals surface area contributed by atoms with Crippen molar-refractivity contribution < 1.29 is 9.47 Å². The molecule has 0 fully saturated rings. The number of pyridine rings is 1. The second-order valence-corrected chi connectivity index (χ2v) is 7.13. The van der Waals surface area contributed by atoms with E-state index in [0.717, 1.165) is 36.4 Å². The lowest BCUT2D eigenvalue weighted by molar-refractivity contribution is 0.295. The zero-order valence-corrected chi connectivity index (χ0v) is 16.6. The third kappa shape index (κ3) is 4.07. The first-order chi connectivity index (χ1) is 14.0. The number of nitrogens with zero attached hydrogens (tertiary/aromatic N) is 4. The van der Waals surface area contributed by atoms with E-state index in [1.807, 2.05) is 12.1 Å². The van der Waals surface area contributed by atoms with E-state index < -0.39 is 0 Å². The summed E-state index contributed by atoms with van der Waals surface area (Å²) in [5.41, 5.74) is 16.7. The molecular weight excluding hydrogens is 368 g/mol. The summed E-state index contributed by atoms with van der Waals surface area (Å²) in [7, 11) is 3.81. The summed E-state index contributed by atoms with van der Waals surface area (Å²) in [4.78, 5) is 15.1. The fourth-order valence-electron chi connectivity index (χ4n) is 3.49. The quantitative estimate of drug-likeness (QED) is 0.680. The summed E-state index contributed by atoms with van der Waals surface area (Å²) in [6.07, 6.45) is 4.25. The molecule has 3 heterocycles. The van der Waals surface area contributed by atoms with Crippen LogP contribution >= 0.6 is 0 Å². The average molecular weight is 392 g/mol. The lowest BCUT2D eigenvalue weighted by atomic mass is 9.95. The van der Waals surface area contributed by atoms with Crippen LogP contribution in [0.2, 0.25) is 0 Å². The maximum Gasteiger partial charge on any atom is 0.258 e. The van der Waals surface area contributed by atoms with Crippen molar-refractivity contribution in [1.29, 1.82) is 0 Å². The summed E-state index contributed by atoms with van der Waals surface area (Å²) < 4.78 is 11.4. The molecule has 0 spiro atoms. The highest BCUT2D eigenvalue weighted by Crippen LogP contribution is 2.34. The van der Waals surface area contributed by atoms with Crippen LogP contribution in [0.15, 0.2) is 36.7 Å². The molecule has 29 heavy (non-hydrogen) atoms. The zero-order valence-electron chi connectivity index (χ0n) is 16.6. The fraction of sp³-hybridized carbons (Fsp3) is 0.286. The largest absolute Gasteiger partial charge is 0.496 e. The van der Waals surface area contributed by atoms with Crippen LogP contribution in [0.25, 0.3) is 11.3 Å². The first-order valence-electron chi connectivity index (χ1n) is 9.38. The molecule has 0 atom stereocenters. The predicted octanol–water partition coefficient (Wildman–Crippen LogP) is 2.28. The maximum absolute atomic E-state index is 5.98. The molecule has 4 rings (SSSR count). The maximum atomic E-state index is 5.98. The second kappa shape index (κ2) is 7.92. The van der Waals surface area contributed by atoms with Gasteiger partial charge >= 0.3 is 0 Å². The van der Waals surface area contributed by atoms with Gasteiger partial charge in [-0.3, -0.25) is 0 Å². The third-order valence-electron chi connectivity index (χ3n) is 4.99. The number of nitrogen functional groups attached to an aromatic ring is 2. The van der Waals surface area contributed by atoms with Crippen molar-refractivity contribution >= 4 is 11.6 Å². The van der Waals surface area contributed by atoms with E-state index in [9.17, 15) is 0 Å². The fourth-order valence-corrected chi connectivity index (χ4v) is 3.49. The lowest BCUT2D eigenvalue weighted by Crippen LogP contribution is -2.26. The Morgan fingerprint density at radius 1 is 1.17 bits per heavy atom. The molecule has 0 saturated heterocycles. The molecule has 8 nitrogen and oxygen atoms in total. The number of methoxy groups -OCH3 is 1. The van der Waals surface area contributed by atoms with Gasteiger partial charge in [-0.05, 0) is 54.4 Å². The van der Waals surface area contributed by atoms with Crippen LogP contribution < -0.4 is 20.9 Å². The summed E-state index contributed by atoms with van der Waals surface area (Å²) in [6, 6.07) is 7.71. The molecule has 1 aromatic carbocycles. The molecule has 1 aliphatic rings. The van der Waals surface area contributed by atoms with Crippen LogP contribution in [0.5, 0.6) is 11.6 Å². The van der Waals surface area contributed by atoms with Gasteiger partial charge in [0.2, 0.25) is 0 Å². The molecule has 150 valence electrons. The number of fused-ring (bicyclic) bond motifs is 1. The van der Waals surface area contributed by atoms with Gasteiger partial charge in [0, 0.05) is 24.8 Å². The van der Waals surface area contributed by atoms with Gasteiger partial charge in [-0.25, -0.2) is 15.0 Å². The van der Waals surface area contributed by atoms with Crippen molar-refractivity contribution in [2.45, 2.75) is 19.6 Å². The van der Waals surface area contributed by atoms with Gasteiger partial charge in [0.15, 0.2) is 5.82 Å². The number of nitrogens with two attached hydrogens (primary N) is 2. The first kappa shape index (κ1) is 18.9. The minimum absolute atomic E-state index is 0.237. The normalized spacial score (nSPS) is 13.7. The zero-order chi connectivity index (χ0) is 20.4. The Hall–Kier alpha value is -3.39. The summed E-state index contributed by atoms with van der Waals surface area (Å²) in [6.45, 7) is 2.16. The molecule has 2 aromatic heterocycles. The minimum Gasteiger partial charge on any atom is -0.496 e. The van der Waals surface area contributed by atoms with Crippen LogP contribution in [-0.4, -0.2) is 40.6 Å². The smallest absolute Gasteiger partial charge is 0.258 e. The average Bonchev–Trinajstić information content (AvgIpc) is 2.72. The Balaban J connectivity index is 1.64. The van der Waals surface area contributed by atoms with Gasteiger partial charge in [-0.2, -0.15) is 0 Å². The van der Waals surface area contributed by atoms with Crippen molar-refractivity contribution in [1.82, 2.24) is 19.9 Å². The van der Waals surface area contributed by atoms with Crippen LogP contribution in [0.3, 0.4) is 0 Å². The van der Waals surface area contributed by atoms with Gasteiger partial charge < -0.3 is 25.8 Å². The van der Waals surface area contributed by atoms with Crippen LogP contribution in [0, 0.1) is 0 Å². The van der Waals surface area contributed by atoms with Crippen molar-refractivity contribution in [3.8, 4) is 22.9 Å². The van der Waals surface area contributed by atoms with Gasteiger partial charge in [0.1, 0.15) is 18.2 Å². The lowest BCUT2D eigenvalue weighted by Gasteiger charge is -2.27. The van der Waals surface area contributed by atoms with Crippen molar-refractivity contribution in [3.63, 3.8) is 0 Å². The Morgan fingerprint density at radius 2 is 2.03 bits per heavy atom. The van der Waals surface area contributed by atoms with E-state index in [-0.39, 0.29) is 18.3 Å². The van der Waals surface area contributed by atoms with Gasteiger partial charge in [-0.15, -0.1) is 0 Å². The second-order valence-electron chi connectivity index (χ2n) is 7.13. The summed E-state index contributed by atoms with van der Waals surface area (Å²) >= 11 is 0. The number of likely N-dealkylation sites (N-methyl/N-ethyl adjacent to an activating group) is 1. The number of aromatic nitrogens is 3. The summed E-state index contributed by atoms with van der Waals surface area (Å²) in [5.74, 6) is 1.83. The Kier molecular flexibility index (Phi) is 5.18. The Morgan fingerprint density at radius 3 is 2.83 bits per heavy atom. The number of rotatable bonds is 5. The topological polar surface area (TPSA) is 112 Å². The molecule has 0 aliphatic carbocycles. The van der Waals surface area contributed by atoms with E-state index in [1.165, 1.54) is 11.1 Å². The van der Waals surface area contributed by atoms with Gasteiger partial charge in [-0.1, -0.05) is 0 Å². The molecule has 4 N–H and O–H groups in total. The molecule has 0 saturated carbocycles. The van der Waals surface area contributed by atoms with Crippen LogP contribution in [0.1, 0.15) is 16.7 Å². The Bertz CT molecular complexity index is 1040. The molecular formula is C21H24N6O2. The van der Waals surface area contributed by atoms with Gasteiger partial charge in [0.25, 0.3) is 5.88 Å². The molecule has 0 bridgehead atoms. The first-order valence-corrected chi connectivity index (χ1v) is 9.38. The molecule has 0 radical (unpaired) electrons. The number of hydrogen-bond donors (Lipinski definition) is 2. The number of anilines is 2. The number of benzene rings is 1. The van der Waals surface area contributed by atoms with Crippen LogP contribution in [0.4, 0.5) is 11.6 Å². The van der Waals surface area contributed by atoms with Gasteiger partial charge in [0.05, 0.1) is 19.0 Å². The summed E-state index contributed by atoms with van der Waals surface area (Å²) in [5, 5.41) is 0. The molecule has 0 amide bonds. The number of ether oxygens (including phenoxy) is 2. The monoisotopic (exact) mass is 392 g/mol. The molecule has 3 aromatic rings. The SMILES string of the molecule is COc1cc(-c2cnc(N)c(OCc3ccnc(N)c3)n2)cc2c1CCN(C)C2. The van der Waals surface area contributed by atoms with Crippen molar-refractivity contribution in [3.05, 3.63) is 53.3 Å². The molecule has 8 heteroatoms. The van der Waals surface area contributed by atoms with E-state index >= 15 is 0 Å². The number of hydrogen-bond acceptors (Lipinski definition) is 8. The van der Waals surface area contributed by atoms with Crippen molar-refractivity contribution in [2.75, 3.05) is 32.2 Å². The Labute approximate surface area is 169 Å². The van der Waals surface area contributed by atoms with Crippen LogP contribution in [-0.2, 0) is 19.6 Å². The van der Waals surface area contributed by atoms with E-state index in [2.05, 4.69) is 33.0 Å². The highest BCUT2D eigenvalue weighted by molar-refractivity contribution is 5.66. The van der Waals surface area contributed by atoms with E-state index in [4.69, 9.17) is 20.9 Å². The predicted molar refractivity (Wildman–Crippen MR) is 111 cm³/mol.